The van der Waals surface area contributed by atoms with E-state index in [4.69, 9.17) is 0 Å². The van der Waals surface area contributed by atoms with Crippen LogP contribution in [0.15, 0.2) is 24.3 Å². The highest BCUT2D eigenvalue weighted by molar-refractivity contribution is 5.52. The van der Waals surface area contributed by atoms with Gasteiger partial charge in [0.25, 0.3) is 0 Å². The average Bonchev–Trinajstić information content (AvgIpc) is 2.80. The highest BCUT2D eigenvalue weighted by Gasteiger charge is 2.26. The quantitative estimate of drug-likeness (QED) is 0.698. The van der Waals surface area contributed by atoms with Gasteiger partial charge in [-0.25, -0.2) is 0 Å². The molecule has 1 saturated carbocycles. The zero-order valence-corrected chi connectivity index (χ0v) is 9.99. The van der Waals surface area contributed by atoms with Crippen molar-refractivity contribution in [2.45, 2.75) is 44.9 Å². The van der Waals surface area contributed by atoms with Crippen LogP contribution in [0.5, 0.6) is 0 Å². The van der Waals surface area contributed by atoms with Crippen LogP contribution >= 0.6 is 0 Å². The van der Waals surface area contributed by atoms with Gasteiger partial charge < -0.3 is 4.79 Å². The number of carbonyl (C=O) groups excluding carboxylic acids is 1. The molecule has 1 aromatic rings. The number of carbonyl (C=O) groups is 1. The molecule has 1 nitrogen and oxygen atoms in total. The molecule has 0 aliphatic heterocycles. The van der Waals surface area contributed by atoms with E-state index in [9.17, 15) is 4.79 Å². The van der Waals surface area contributed by atoms with Crippen LogP contribution in [-0.2, 0) is 4.79 Å². The smallest absolute Gasteiger partial charge is 0.120 e. The van der Waals surface area contributed by atoms with Crippen molar-refractivity contribution in [2.75, 3.05) is 0 Å². The summed E-state index contributed by atoms with van der Waals surface area (Å²) in [5, 5.41) is 0. The standard InChI is InChI=1S/C15H20O/c1-12-6-2-5-9-14(12)15(10-11-16)13-7-3-4-8-13/h2,5-6,9,11,13,15H,3-4,7-8,10H2,1H3. The summed E-state index contributed by atoms with van der Waals surface area (Å²) in [5.74, 6) is 1.19. The van der Waals surface area contributed by atoms with Crippen LogP contribution in [0.2, 0.25) is 0 Å². The second-order valence-electron chi connectivity index (χ2n) is 4.91. The number of hydrogen-bond acceptors (Lipinski definition) is 1. The second kappa shape index (κ2) is 5.29. The van der Waals surface area contributed by atoms with Crippen molar-refractivity contribution in [1.82, 2.24) is 0 Å². The minimum Gasteiger partial charge on any atom is -0.303 e. The van der Waals surface area contributed by atoms with Crippen LogP contribution in [0.1, 0.15) is 49.1 Å². The topological polar surface area (TPSA) is 17.1 Å². The molecule has 0 radical (unpaired) electrons. The maximum atomic E-state index is 10.9. The first-order chi connectivity index (χ1) is 7.83. The summed E-state index contributed by atoms with van der Waals surface area (Å²) < 4.78 is 0. The summed E-state index contributed by atoms with van der Waals surface area (Å²) in [6.45, 7) is 2.15. The summed E-state index contributed by atoms with van der Waals surface area (Å²) in [6.07, 6.45) is 7.06. The maximum absolute atomic E-state index is 10.9. The highest BCUT2D eigenvalue weighted by Crippen LogP contribution is 2.39. The van der Waals surface area contributed by atoms with Crippen molar-refractivity contribution in [3.8, 4) is 0 Å². The molecule has 1 unspecified atom stereocenters. The zero-order chi connectivity index (χ0) is 11.4. The van der Waals surface area contributed by atoms with E-state index in [1.807, 2.05) is 0 Å². The monoisotopic (exact) mass is 216 g/mol. The largest absolute Gasteiger partial charge is 0.303 e. The van der Waals surface area contributed by atoms with E-state index < -0.39 is 0 Å². The number of hydrogen-bond donors (Lipinski definition) is 0. The molecule has 1 atom stereocenters. The molecule has 2 rings (SSSR count). The van der Waals surface area contributed by atoms with Gasteiger partial charge in [0.15, 0.2) is 0 Å². The summed E-state index contributed by atoms with van der Waals surface area (Å²) in [4.78, 5) is 10.9. The van der Waals surface area contributed by atoms with Crippen molar-refractivity contribution in [1.29, 1.82) is 0 Å². The molecular formula is C15H20O. The van der Waals surface area contributed by atoms with Crippen molar-refractivity contribution in [3.05, 3.63) is 35.4 Å². The molecule has 1 aliphatic rings. The fourth-order valence-corrected chi connectivity index (χ4v) is 3.04. The van der Waals surface area contributed by atoms with Gasteiger partial charge in [-0.2, -0.15) is 0 Å². The Morgan fingerprint density at radius 1 is 1.31 bits per heavy atom. The van der Waals surface area contributed by atoms with Crippen molar-refractivity contribution >= 4 is 6.29 Å². The summed E-state index contributed by atoms with van der Waals surface area (Å²) in [5.41, 5.74) is 2.72. The molecule has 86 valence electrons. The number of benzene rings is 1. The summed E-state index contributed by atoms with van der Waals surface area (Å²) >= 11 is 0. The van der Waals surface area contributed by atoms with Gasteiger partial charge >= 0.3 is 0 Å². The highest BCUT2D eigenvalue weighted by atomic mass is 16.1. The lowest BCUT2D eigenvalue weighted by Gasteiger charge is -2.23. The summed E-state index contributed by atoms with van der Waals surface area (Å²) in [7, 11) is 0. The first-order valence-electron chi connectivity index (χ1n) is 6.32. The fourth-order valence-electron chi connectivity index (χ4n) is 3.04. The van der Waals surface area contributed by atoms with E-state index >= 15 is 0 Å². The number of aryl methyl sites for hydroxylation is 1. The second-order valence-corrected chi connectivity index (χ2v) is 4.91. The predicted octanol–water partition coefficient (Wildman–Crippen LogP) is 3.86. The number of aldehydes is 1. The van der Waals surface area contributed by atoms with Crippen molar-refractivity contribution in [3.63, 3.8) is 0 Å². The molecule has 0 heterocycles. The number of rotatable bonds is 4. The molecule has 0 saturated heterocycles. The maximum Gasteiger partial charge on any atom is 0.120 e. The molecule has 16 heavy (non-hydrogen) atoms. The van der Waals surface area contributed by atoms with E-state index in [0.29, 0.717) is 12.3 Å². The fraction of sp³-hybridized carbons (Fsp3) is 0.533. The van der Waals surface area contributed by atoms with Gasteiger partial charge in [-0.3, -0.25) is 0 Å². The molecule has 1 aromatic carbocycles. The Bertz CT molecular complexity index is 350. The van der Waals surface area contributed by atoms with Gasteiger partial charge in [-0.15, -0.1) is 0 Å². The summed E-state index contributed by atoms with van der Waals surface area (Å²) in [6, 6.07) is 8.52. The van der Waals surface area contributed by atoms with E-state index in [2.05, 4.69) is 31.2 Å². The van der Waals surface area contributed by atoms with Crippen LogP contribution < -0.4 is 0 Å². The Morgan fingerprint density at radius 2 is 2.00 bits per heavy atom. The SMILES string of the molecule is Cc1ccccc1C(CC=O)C1CCCC1. The normalized spacial score (nSPS) is 18.6. The predicted molar refractivity (Wildman–Crippen MR) is 66.6 cm³/mol. The van der Waals surface area contributed by atoms with Crippen LogP contribution in [-0.4, -0.2) is 6.29 Å². The molecule has 0 amide bonds. The van der Waals surface area contributed by atoms with E-state index in [1.54, 1.807) is 0 Å². The third-order valence-corrected chi connectivity index (χ3v) is 3.91. The lowest BCUT2D eigenvalue weighted by atomic mass is 9.81. The van der Waals surface area contributed by atoms with Gasteiger partial charge in [-0.05, 0) is 42.7 Å². The van der Waals surface area contributed by atoms with Gasteiger partial charge in [-0.1, -0.05) is 37.1 Å². The Balaban J connectivity index is 2.24. The Labute approximate surface area is 97.9 Å². The Hall–Kier alpha value is -1.11. The third kappa shape index (κ3) is 2.34. The van der Waals surface area contributed by atoms with Gasteiger partial charge in [0, 0.05) is 6.42 Å². The molecule has 0 bridgehead atoms. The van der Waals surface area contributed by atoms with Crippen molar-refractivity contribution in [2.24, 2.45) is 5.92 Å². The van der Waals surface area contributed by atoms with Gasteiger partial charge in [0.1, 0.15) is 6.29 Å². The van der Waals surface area contributed by atoms with Gasteiger partial charge in [0.05, 0.1) is 0 Å². The van der Waals surface area contributed by atoms with Crippen LogP contribution in [0.3, 0.4) is 0 Å². The molecular weight excluding hydrogens is 196 g/mol. The van der Waals surface area contributed by atoms with E-state index in [0.717, 1.165) is 12.2 Å². The zero-order valence-electron chi connectivity index (χ0n) is 9.99. The minimum absolute atomic E-state index is 0.459. The lowest BCUT2D eigenvalue weighted by Crippen LogP contribution is -2.11. The molecule has 1 fully saturated rings. The molecule has 0 N–H and O–H groups in total. The van der Waals surface area contributed by atoms with E-state index in [-0.39, 0.29) is 0 Å². The molecule has 0 aromatic heterocycles. The molecule has 1 heteroatoms. The Morgan fingerprint density at radius 3 is 2.62 bits per heavy atom. The van der Waals surface area contributed by atoms with Crippen LogP contribution in [0.4, 0.5) is 0 Å². The Kier molecular flexibility index (Phi) is 3.76. The molecule has 0 spiro atoms. The van der Waals surface area contributed by atoms with Gasteiger partial charge in [0.2, 0.25) is 0 Å². The molecule has 1 aliphatic carbocycles. The lowest BCUT2D eigenvalue weighted by molar-refractivity contribution is -0.108. The van der Waals surface area contributed by atoms with Crippen LogP contribution in [0.25, 0.3) is 0 Å². The minimum atomic E-state index is 0.459. The van der Waals surface area contributed by atoms with Crippen molar-refractivity contribution < 1.29 is 4.79 Å². The van der Waals surface area contributed by atoms with E-state index in [1.165, 1.54) is 36.8 Å². The average molecular weight is 216 g/mol. The first-order valence-corrected chi connectivity index (χ1v) is 6.32. The van der Waals surface area contributed by atoms with Crippen LogP contribution in [0, 0.1) is 12.8 Å². The first kappa shape index (κ1) is 11.4. The third-order valence-electron chi connectivity index (χ3n) is 3.91.